The minimum atomic E-state index is 0.342. The zero-order chi connectivity index (χ0) is 24.0. The first-order valence-corrected chi connectivity index (χ1v) is 15.0. The molecule has 2 N–H and O–H groups in total. The SMILES string of the molecule is c1nc(CCC(CCCC2CCCCC2)OC(CCCC2CCCCC2)CCc2c[nH]cn2)c[nH]1. The van der Waals surface area contributed by atoms with Gasteiger partial charge >= 0.3 is 0 Å². The van der Waals surface area contributed by atoms with Crippen LogP contribution in [0.3, 0.4) is 0 Å². The Balaban J connectivity index is 1.29. The van der Waals surface area contributed by atoms with E-state index in [4.69, 9.17) is 4.74 Å². The number of H-pyrrole nitrogens is 2. The minimum Gasteiger partial charge on any atom is -0.375 e. The molecule has 0 aromatic carbocycles. The summed E-state index contributed by atoms with van der Waals surface area (Å²) in [6, 6.07) is 0. The lowest BCUT2D eigenvalue weighted by molar-refractivity contribution is -0.0311. The Kier molecular flexibility index (Phi) is 11.7. The number of hydrogen-bond donors (Lipinski definition) is 2. The van der Waals surface area contributed by atoms with Crippen LogP contribution in [-0.2, 0) is 17.6 Å². The number of nitrogens with zero attached hydrogens (tertiary/aromatic N) is 2. The van der Waals surface area contributed by atoms with E-state index in [1.165, 1.54) is 103 Å². The lowest BCUT2D eigenvalue weighted by atomic mass is 9.85. The molecule has 35 heavy (non-hydrogen) atoms. The van der Waals surface area contributed by atoms with Crippen LogP contribution in [0, 0.1) is 11.8 Å². The third-order valence-electron chi connectivity index (χ3n) is 8.67. The predicted molar refractivity (Wildman–Crippen MR) is 143 cm³/mol. The third-order valence-corrected chi connectivity index (χ3v) is 8.67. The van der Waals surface area contributed by atoms with Crippen molar-refractivity contribution in [1.82, 2.24) is 19.9 Å². The second-order valence-electron chi connectivity index (χ2n) is 11.4. The standard InChI is InChI=1S/C30H50N4O/c1-3-9-25(10-4-1)13-7-15-29(19-17-27-21-31-23-33-27)35-30(20-18-28-22-32-24-34-28)16-8-14-26-11-5-2-6-12-26/h21-26,29-30H,1-20H2,(H,31,33)(H,32,34). The Bertz CT molecular complexity index is 683. The fraction of sp³-hybridized carbons (Fsp3) is 0.800. The summed E-state index contributed by atoms with van der Waals surface area (Å²) in [6.45, 7) is 0. The van der Waals surface area contributed by atoms with Gasteiger partial charge in [0.05, 0.1) is 36.3 Å². The Labute approximate surface area is 213 Å². The van der Waals surface area contributed by atoms with Crippen LogP contribution in [0.1, 0.15) is 127 Å². The molecule has 2 unspecified atom stereocenters. The van der Waals surface area contributed by atoms with Crippen LogP contribution < -0.4 is 0 Å². The maximum Gasteiger partial charge on any atom is 0.0923 e. The first kappa shape index (κ1) is 26.4. The highest BCUT2D eigenvalue weighted by molar-refractivity contribution is 4.96. The molecule has 2 aliphatic rings. The molecule has 2 aromatic heterocycles. The topological polar surface area (TPSA) is 66.6 Å². The fourth-order valence-electron chi connectivity index (χ4n) is 6.53. The molecule has 2 atom stereocenters. The van der Waals surface area contributed by atoms with Crippen LogP contribution in [0.25, 0.3) is 0 Å². The predicted octanol–water partition coefficient (Wildman–Crippen LogP) is 7.95. The molecule has 4 rings (SSSR count). The second kappa shape index (κ2) is 15.5. The summed E-state index contributed by atoms with van der Waals surface area (Å²) in [5.41, 5.74) is 2.33. The number of ether oxygens (including phenoxy) is 1. The average molecular weight is 483 g/mol. The second-order valence-corrected chi connectivity index (χ2v) is 11.4. The highest BCUT2D eigenvalue weighted by atomic mass is 16.5. The molecule has 2 heterocycles. The summed E-state index contributed by atoms with van der Waals surface area (Å²) in [4.78, 5) is 15.2. The molecular formula is C30H50N4O. The number of hydrogen-bond acceptors (Lipinski definition) is 3. The summed E-state index contributed by atoms with van der Waals surface area (Å²) in [6.07, 6.45) is 34.8. The smallest absolute Gasteiger partial charge is 0.0923 e. The average Bonchev–Trinajstić information content (AvgIpc) is 3.61. The molecule has 5 heteroatoms. The highest BCUT2D eigenvalue weighted by Gasteiger charge is 2.21. The lowest BCUT2D eigenvalue weighted by Gasteiger charge is -2.27. The maximum absolute atomic E-state index is 6.95. The summed E-state index contributed by atoms with van der Waals surface area (Å²) in [7, 11) is 0. The van der Waals surface area contributed by atoms with Gasteiger partial charge < -0.3 is 14.7 Å². The van der Waals surface area contributed by atoms with Crippen molar-refractivity contribution >= 4 is 0 Å². The van der Waals surface area contributed by atoms with E-state index >= 15 is 0 Å². The van der Waals surface area contributed by atoms with Gasteiger partial charge in [-0.2, -0.15) is 0 Å². The van der Waals surface area contributed by atoms with Crippen molar-refractivity contribution in [3.05, 3.63) is 36.4 Å². The van der Waals surface area contributed by atoms with E-state index in [0.29, 0.717) is 12.2 Å². The molecule has 0 spiro atoms. The lowest BCUT2D eigenvalue weighted by Crippen LogP contribution is -2.24. The van der Waals surface area contributed by atoms with Gasteiger partial charge in [0, 0.05) is 12.4 Å². The summed E-state index contributed by atoms with van der Waals surface area (Å²) in [5.74, 6) is 1.92. The molecule has 196 valence electrons. The molecule has 0 saturated heterocycles. The van der Waals surface area contributed by atoms with Crippen molar-refractivity contribution in [2.45, 2.75) is 141 Å². The van der Waals surface area contributed by atoms with Crippen LogP contribution in [0.4, 0.5) is 0 Å². The van der Waals surface area contributed by atoms with Gasteiger partial charge in [0.2, 0.25) is 0 Å². The number of imidazole rings is 2. The first-order valence-electron chi connectivity index (χ1n) is 15.0. The minimum absolute atomic E-state index is 0.342. The van der Waals surface area contributed by atoms with Crippen molar-refractivity contribution in [2.24, 2.45) is 11.8 Å². The summed E-state index contributed by atoms with van der Waals surface area (Å²) < 4.78 is 6.95. The van der Waals surface area contributed by atoms with Crippen molar-refractivity contribution < 1.29 is 4.74 Å². The number of aromatic nitrogens is 4. The van der Waals surface area contributed by atoms with E-state index in [2.05, 4.69) is 19.9 Å². The normalized spacial score (nSPS) is 19.7. The summed E-state index contributed by atoms with van der Waals surface area (Å²) >= 11 is 0. The van der Waals surface area contributed by atoms with Crippen LogP contribution in [0.2, 0.25) is 0 Å². The molecular weight excluding hydrogens is 432 g/mol. The largest absolute Gasteiger partial charge is 0.375 e. The fourth-order valence-corrected chi connectivity index (χ4v) is 6.53. The van der Waals surface area contributed by atoms with E-state index < -0.39 is 0 Å². The van der Waals surface area contributed by atoms with Crippen LogP contribution in [0.5, 0.6) is 0 Å². The van der Waals surface area contributed by atoms with Crippen LogP contribution >= 0.6 is 0 Å². The highest BCUT2D eigenvalue weighted by Crippen LogP contribution is 2.30. The van der Waals surface area contributed by atoms with Gasteiger partial charge in [0.1, 0.15) is 0 Å². The number of aryl methyl sites for hydroxylation is 2. The van der Waals surface area contributed by atoms with Crippen molar-refractivity contribution in [1.29, 1.82) is 0 Å². The van der Waals surface area contributed by atoms with Gasteiger partial charge in [0.25, 0.3) is 0 Å². The maximum atomic E-state index is 6.95. The van der Waals surface area contributed by atoms with Gasteiger partial charge in [-0.3, -0.25) is 0 Å². The molecule has 2 aliphatic carbocycles. The van der Waals surface area contributed by atoms with Crippen molar-refractivity contribution in [3.63, 3.8) is 0 Å². The Hall–Kier alpha value is -1.62. The number of nitrogens with one attached hydrogen (secondary N) is 2. The molecule has 2 aromatic rings. The zero-order valence-electron chi connectivity index (χ0n) is 22.1. The molecule has 0 aliphatic heterocycles. The molecule has 2 fully saturated rings. The molecule has 5 nitrogen and oxygen atoms in total. The Morgan fingerprint density at radius 1 is 0.657 bits per heavy atom. The van der Waals surface area contributed by atoms with Gasteiger partial charge in [-0.1, -0.05) is 89.9 Å². The third kappa shape index (κ3) is 10.1. The van der Waals surface area contributed by atoms with Gasteiger partial charge in [0.15, 0.2) is 0 Å². The van der Waals surface area contributed by atoms with E-state index in [0.717, 1.165) is 48.9 Å². The molecule has 0 radical (unpaired) electrons. The van der Waals surface area contributed by atoms with Crippen molar-refractivity contribution in [2.75, 3.05) is 0 Å². The molecule has 2 saturated carbocycles. The summed E-state index contributed by atoms with van der Waals surface area (Å²) in [5, 5.41) is 0. The monoisotopic (exact) mass is 482 g/mol. The van der Waals surface area contributed by atoms with Gasteiger partial charge in [-0.15, -0.1) is 0 Å². The van der Waals surface area contributed by atoms with E-state index in [1.807, 2.05) is 12.4 Å². The molecule has 0 bridgehead atoms. The van der Waals surface area contributed by atoms with Crippen molar-refractivity contribution in [3.8, 4) is 0 Å². The Morgan fingerprint density at radius 3 is 1.51 bits per heavy atom. The first-order chi connectivity index (χ1) is 17.3. The molecule has 0 amide bonds. The van der Waals surface area contributed by atoms with E-state index in [-0.39, 0.29) is 0 Å². The van der Waals surface area contributed by atoms with E-state index in [9.17, 15) is 0 Å². The quantitative estimate of drug-likeness (QED) is 0.255. The van der Waals surface area contributed by atoms with Gasteiger partial charge in [-0.25, -0.2) is 9.97 Å². The van der Waals surface area contributed by atoms with Gasteiger partial charge in [-0.05, 0) is 50.4 Å². The van der Waals surface area contributed by atoms with Crippen LogP contribution in [-0.4, -0.2) is 32.1 Å². The number of rotatable bonds is 16. The van der Waals surface area contributed by atoms with E-state index in [1.54, 1.807) is 12.7 Å². The number of aromatic amines is 2. The van der Waals surface area contributed by atoms with Crippen LogP contribution in [0.15, 0.2) is 25.0 Å². The Morgan fingerprint density at radius 2 is 1.11 bits per heavy atom. The zero-order valence-corrected chi connectivity index (χ0v) is 22.1.